The summed E-state index contributed by atoms with van der Waals surface area (Å²) in [6.45, 7) is 6.67. The molecule has 0 spiro atoms. The summed E-state index contributed by atoms with van der Waals surface area (Å²) in [5.41, 5.74) is 6.81. The number of hydrogen-bond donors (Lipinski definition) is 2. The van der Waals surface area contributed by atoms with Gasteiger partial charge in [-0.2, -0.15) is 0 Å². The lowest BCUT2D eigenvalue weighted by Crippen LogP contribution is -2.47. The van der Waals surface area contributed by atoms with Crippen LogP contribution in [0.2, 0.25) is 0 Å². The summed E-state index contributed by atoms with van der Waals surface area (Å²) in [7, 11) is 3.57. The van der Waals surface area contributed by atoms with Crippen LogP contribution in [0, 0.1) is 5.92 Å². The van der Waals surface area contributed by atoms with Crippen molar-refractivity contribution in [2.24, 2.45) is 11.7 Å². The number of hydrogen-bond acceptors (Lipinski definition) is 5. The molecule has 0 saturated carbocycles. The normalized spacial score (nSPS) is 16.4. The standard InChI is InChI=1S/C18H28N4O3.2ClH/c1-12(13(2)19)17(23)20-15-11-14(5-6-16(15)25-4)18(24)22-9-7-21(3)8-10-22;;/h5-6,11-13H,7-10,19H2,1-4H3,(H,20,23);2*1H. The molecule has 2 unspecified atom stereocenters. The molecule has 0 radical (unpaired) electrons. The maximum absolute atomic E-state index is 12.7. The second-order valence-corrected chi connectivity index (χ2v) is 6.65. The minimum Gasteiger partial charge on any atom is -0.495 e. The van der Waals surface area contributed by atoms with Crippen molar-refractivity contribution in [1.29, 1.82) is 0 Å². The van der Waals surface area contributed by atoms with Gasteiger partial charge in [-0.1, -0.05) is 6.92 Å². The minimum atomic E-state index is -0.346. The summed E-state index contributed by atoms with van der Waals surface area (Å²) >= 11 is 0. The zero-order chi connectivity index (χ0) is 18.6. The number of benzene rings is 1. The molecule has 1 fully saturated rings. The SMILES string of the molecule is COc1ccc(C(=O)N2CCN(C)CC2)cc1NC(=O)C(C)C(C)N.Cl.Cl. The Morgan fingerprint density at radius 1 is 1.15 bits per heavy atom. The average molecular weight is 421 g/mol. The van der Waals surface area contributed by atoms with Crippen LogP contribution in [0.3, 0.4) is 0 Å². The van der Waals surface area contributed by atoms with Gasteiger partial charge >= 0.3 is 0 Å². The van der Waals surface area contributed by atoms with E-state index < -0.39 is 0 Å². The summed E-state index contributed by atoms with van der Waals surface area (Å²) in [4.78, 5) is 29.0. The van der Waals surface area contributed by atoms with Gasteiger partial charge in [0.15, 0.2) is 0 Å². The summed E-state index contributed by atoms with van der Waals surface area (Å²) in [5.74, 6) is -0.0640. The number of likely N-dealkylation sites (N-methyl/N-ethyl adjacent to an activating group) is 1. The fourth-order valence-electron chi connectivity index (χ4n) is 2.62. The zero-order valence-corrected chi connectivity index (χ0v) is 17.9. The predicted octanol–water partition coefficient (Wildman–Crippen LogP) is 1.85. The first-order valence-corrected chi connectivity index (χ1v) is 8.55. The van der Waals surface area contributed by atoms with Crippen molar-refractivity contribution in [2.75, 3.05) is 45.7 Å². The molecule has 1 heterocycles. The number of halogens is 2. The summed E-state index contributed by atoms with van der Waals surface area (Å²) in [6, 6.07) is 4.84. The fraction of sp³-hybridized carbons (Fsp3) is 0.556. The van der Waals surface area contributed by atoms with Crippen LogP contribution in [0.5, 0.6) is 5.75 Å². The zero-order valence-electron chi connectivity index (χ0n) is 16.2. The quantitative estimate of drug-likeness (QED) is 0.758. The highest BCUT2D eigenvalue weighted by atomic mass is 35.5. The molecule has 1 aliphatic heterocycles. The van der Waals surface area contributed by atoms with Gasteiger partial charge in [0.25, 0.3) is 5.91 Å². The molecule has 0 bridgehead atoms. The summed E-state index contributed by atoms with van der Waals surface area (Å²) in [6.07, 6.45) is 0. The highest BCUT2D eigenvalue weighted by Gasteiger charge is 2.23. The molecule has 27 heavy (non-hydrogen) atoms. The van der Waals surface area contributed by atoms with Gasteiger partial charge in [0.2, 0.25) is 5.91 Å². The van der Waals surface area contributed by atoms with Crippen LogP contribution < -0.4 is 15.8 Å². The van der Waals surface area contributed by atoms with Crippen LogP contribution in [-0.4, -0.2) is 68.0 Å². The van der Waals surface area contributed by atoms with E-state index in [0.717, 1.165) is 13.1 Å². The Labute approximate surface area is 173 Å². The number of methoxy groups -OCH3 is 1. The smallest absolute Gasteiger partial charge is 0.254 e. The number of carbonyl (C=O) groups excluding carboxylic acids is 2. The van der Waals surface area contributed by atoms with Gasteiger partial charge in [0.1, 0.15) is 5.75 Å². The van der Waals surface area contributed by atoms with Crippen molar-refractivity contribution in [3.63, 3.8) is 0 Å². The first-order chi connectivity index (χ1) is 11.8. The van der Waals surface area contributed by atoms with Crippen molar-refractivity contribution in [2.45, 2.75) is 19.9 Å². The summed E-state index contributed by atoms with van der Waals surface area (Å²) < 4.78 is 5.30. The van der Waals surface area contributed by atoms with Gasteiger partial charge < -0.3 is 25.6 Å². The Hall–Kier alpha value is -1.54. The number of nitrogens with zero attached hydrogens (tertiary/aromatic N) is 2. The number of rotatable bonds is 5. The first kappa shape index (κ1) is 25.5. The molecule has 1 aromatic carbocycles. The number of amides is 2. The van der Waals surface area contributed by atoms with E-state index in [2.05, 4.69) is 10.2 Å². The number of anilines is 1. The minimum absolute atomic E-state index is 0. The highest BCUT2D eigenvalue weighted by Crippen LogP contribution is 2.27. The monoisotopic (exact) mass is 420 g/mol. The molecule has 9 heteroatoms. The van der Waals surface area contributed by atoms with E-state index in [0.29, 0.717) is 30.1 Å². The number of piperazine rings is 1. The van der Waals surface area contributed by atoms with E-state index in [1.165, 1.54) is 7.11 Å². The lowest BCUT2D eigenvalue weighted by atomic mass is 10.0. The van der Waals surface area contributed by atoms with Crippen molar-refractivity contribution in [3.05, 3.63) is 23.8 Å². The third-order valence-corrected chi connectivity index (χ3v) is 4.70. The maximum Gasteiger partial charge on any atom is 0.254 e. The predicted molar refractivity (Wildman–Crippen MR) is 112 cm³/mol. The van der Waals surface area contributed by atoms with Crippen molar-refractivity contribution in [3.8, 4) is 5.75 Å². The largest absolute Gasteiger partial charge is 0.495 e. The second kappa shape index (κ2) is 11.3. The van der Waals surface area contributed by atoms with Crippen molar-refractivity contribution >= 4 is 42.3 Å². The Morgan fingerprint density at radius 2 is 1.74 bits per heavy atom. The van der Waals surface area contributed by atoms with E-state index in [1.54, 1.807) is 32.0 Å². The molecule has 2 amide bonds. The second-order valence-electron chi connectivity index (χ2n) is 6.65. The van der Waals surface area contributed by atoms with Crippen LogP contribution >= 0.6 is 24.8 Å². The average Bonchev–Trinajstić information content (AvgIpc) is 2.60. The number of ether oxygens (including phenoxy) is 1. The van der Waals surface area contributed by atoms with Gasteiger partial charge in [-0.25, -0.2) is 0 Å². The van der Waals surface area contributed by atoms with E-state index in [1.807, 2.05) is 11.9 Å². The molecule has 1 aliphatic rings. The molecule has 2 rings (SSSR count). The van der Waals surface area contributed by atoms with Gasteiger partial charge in [-0.3, -0.25) is 9.59 Å². The Balaban J connectivity index is 0.00000338. The molecule has 2 atom stereocenters. The molecular formula is C18H30Cl2N4O3. The molecule has 1 aromatic rings. The number of nitrogens with two attached hydrogens (primary N) is 1. The topological polar surface area (TPSA) is 87.9 Å². The third kappa shape index (κ3) is 6.53. The number of carbonyl (C=O) groups is 2. The lowest BCUT2D eigenvalue weighted by Gasteiger charge is -2.32. The molecule has 3 N–H and O–H groups in total. The molecule has 154 valence electrons. The Morgan fingerprint density at radius 3 is 2.26 bits per heavy atom. The molecule has 7 nitrogen and oxygen atoms in total. The molecule has 0 aromatic heterocycles. The van der Waals surface area contributed by atoms with Crippen LogP contribution in [0.25, 0.3) is 0 Å². The summed E-state index contributed by atoms with van der Waals surface area (Å²) in [5, 5.41) is 2.82. The fourth-order valence-corrected chi connectivity index (χ4v) is 2.62. The highest BCUT2D eigenvalue weighted by molar-refractivity contribution is 5.99. The van der Waals surface area contributed by atoms with Crippen molar-refractivity contribution < 1.29 is 14.3 Å². The Bertz CT molecular complexity index is 635. The third-order valence-electron chi connectivity index (χ3n) is 4.70. The van der Waals surface area contributed by atoms with E-state index >= 15 is 0 Å². The van der Waals surface area contributed by atoms with E-state index in [-0.39, 0.29) is 48.6 Å². The van der Waals surface area contributed by atoms with E-state index in [4.69, 9.17) is 10.5 Å². The van der Waals surface area contributed by atoms with Gasteiger partial charge in [0.05, 0.1) is 18.7 Å². The number of nitrogens with one attached hydrogen (secondary N) is 1. The van der Waals surface area contributed by atoms with Gasteiger partial charge in [-0.05, 0) is 32.2 Å². The molecule has 1 saturated heterocycles. The lowest BCUT2D eigenvalue weighted by molar-refractivity contribution is -0.119. The van der Waals surface area contributed by atoms with Crippen LogP contribution in [0.15, 0.2) is 18.2 Å². The van der Waals surface area contributed by atoms with Gasteiger partial charge in [-0.15, -0.1) is 24.8 Å². The first-order valence-electron chi connectivity index (χ1n) is 8.55. The van der Waals surface area contributed by atoms with Crippen LogP contribution in [0.1, 0.15) is 24.2 Å². The van der Waals surface area contributed by atoms with Gasteiger partial charge in [0, 0.05) is 37.8 Å². The Kier molecular flexibility index (Phi) is 10.7. The molecular weight excluding hydrogens is 391 g/mol. The van der Waals surface area contributed by atoms with Crippen molar-refractivity contribution in [1.82, 2.24) is 9.80 Å². The molecule has 0 aliphatic carbocycles. The van der Waals surface area contributed by atoms with Crippen LogP contribution in [0.4, 0.5) is 5.69 Å². The van der Waals surface area contributed by atoms with Crippen LogP contribution in [-0.2, 0) is 4.79 Å². The maximum atomic E-state index is 12.7. The van der Waals surface area contributed by atoms with E-state index in [9.17, 15) is 9.59 Å².